The van der Waals surface area contributed by atoms with Gasteiger partial charge >= 0.3 is 0 Å². The first kappa shape index (κ1) is 13.3. The van der Waals surface area contributed by atoms with Crippen molar-refractivity contribution in [1.29, 1.82) is 0 Å². The van der Waals surface area contributed by atoms with Gasteiger partial charge in [0, 0.05) is 26.1 Å². The first-order valence-corrected chi connectivity index (χ1v) is 6.91. The van der Waals surface area contributed by atoms with Crippen molar-refractivity contribution in [2.75, 3.05) is 19.7 Å². The van der Waals surface area contributed by atoms with Crippen LogP contribution in [0, 0.1) is 5.92 Å². The molecular weight excluding hydrogens is 232 g/mol. The van der Waals surface area contributed by atoms with E-state index in [1.165, 1.54) is 25.7 Å². The van der Waals surface area contributed by atoms with Crippen LogP contribution >= 0.6 is 0 Å². The Labute approximate surface area is 108 Å². The molecule has 0 aromatic carbocycles. The van der Waals surface area contributed by atoms with Gasteiger partial charge in [-0.1, -0.05) is 12.8 Å². The average molecular weight is 254 g/mol. The number of hydrogen-bond acceptors (Lipinski definition) is 3. The van der Waals surface area contributed by atoms with Gasteiger partial charge in [0.25, 0.3) is 0 Å². The van der Waals surface area contributed by atoms with Crippen LogP contribution in [0.25, 0.3) is 0 Å². The molecule has 0 radical (unpaired) electrons. The van der Waals surface area contributed by atoms with E-state index in [-0.39, 0.29) is 17.7 Å². The Kier molecular flexibility index (Phi) is 4.99. The van der Waals surface area contributed by atoms with E-state index in [1.807, 2.05) is 0 Å². The van der Waals surface area contributed by atoms with Crippen molar-refractivity contribution in [3.05, 3.63) is 0 Å². The van der Waals surface area contributed by atoms with Gasteiger partial charge in [0.15, 0.2) is 0 Å². The van der Waals surface area contributed by atoms with Crippen LogP contribution < -0.4 is 10.6 Å². The molecule has 5 nitrogen and oxygen atoms in total. The SMILES string of the molecule is O=C1C[C@H](C(=O)NCCCOC2CCCC2)CN1. The average Bonchev–Trinajstić information content (AvgIpc) is 2.99. The van der Waals surface area contributed by atoms with Crippen molar-refractivity contribution in [2.24, 2.45) is 5.92 Å². The predicted octanol–water partition coefficient (Wildman–Crippen LogP) is 0.588. The topological polar surface area (TPSA) is 67.4 Å². The summed E-state index contributed by atoms with van der Waals surface area (Å²) in [6.45, 7) is 1.83. The third-order valence-corrected chi connectivity index (χ3v) is 3.62. The van der Waals surface area contributed by atoms with E-state index < -0.39 is 0 Å². The van der Waals surface area contributed by atoms with Crippen LogP contribution in [-0.4, -0.2) is 37.6 Å². The molecule has 2 aliphatic rings. The molecule has 2 rings (SSSR count). The molecule has 0 aromatic rings. The highest BCUT2D eigenvalue weighted by Crippen LogP contribution is 2.20. The molecule has 18 heavy (non-hydrogen) atoms. The van der Waals surface area contributed by atoms with Crippen LogP contribution in [0.5, 0.6) is 0 Å². The first-order valence-electron chi connectivity index (χ1n) is 6.91. The molecule has 0 unspecified atom stereocenters. The second-order valence-corrected chi connectivity index (χ2v) is 5.13. The molecule has 1 aliphatic heterocycles. The molecule has 5 heteroatoms. The smallest absolute Gasteiger partial charge is 0.225 e. The van der Waals surface area contributed by atoms with Gasteiger partial charge in [-0.15, -0.1) is 0 Å². The largest absolute Gasteiger partial charge is 0.378 e. The molecule has 0 spiro atoms. The molecule has 1 atom stereocenters. The number of ether oxygens (including phenoxy) is 1. The van der Waals surface area contributed by atoms with E-state index in [4.69, 9.17) is 4.74 Å². The van der Waals surface area contributed by atoms with Gasteiger partial charge in [-0.25, -0.2) is 0 Å². The zero-order chi connectivity index (χ0) is 12.8. The Morgan fingerprint density at radius 3 is 2.83 bits per heavy atom. The molecule has 2 N–H and O–H groups in total. The summed E-state index contributed by atoms with van der Waals surface area (Å²) in [7, 11) is 0. The third-order valence-electron chi connectivity index (χ3n) is 3.62. The molecular formula is C13H22N2O3. The van der Waals surface area contributed by atoms with Crippen LogP contribution in [0.3, 0.4) is 0 Å². The highest BCUT2D eigenvalue weighted by molar-refractivity contribution is 5.89. The van der Waals surface area contributed by atoms with Crippen molar-refractivity contribution in [3.8, 4) is 0 Å². The van der Waals surface area contributed by atoms with Crippen molar-refractivity contribution in [1.82, 2.24) is 10.6 Å². The lowest BCUT2D eigenvalue weighted by Gasteiger charge is -2.12. The summed E-state index contributed by atoms with van der Waals surface area (Å²) in [4.78, 5) is 22.6. The minimum atomic E-state index is -0.187. The second-order valence-electron chi connectivity index (χ2n) is 5.13. The lowest BCUT2D eigenvalue weighted by molar-refractivity contribution is -0.126. The zero-order valence-electron chi connectivity index (χ0n) is 10.7. The first-order chi connectivity index (χ1) is 8.75. The van der Waals surface area contributed by atoms with E-state index >= 15 is 0 Å². The fourth-order valence-electron chi connectivity index (χ4n) is 2.52. The number of carbonyl (C=O) groups is 2. The Morgan fingerprint density at radius 2 is 2.17 bits per heavy atom. The van der Waals surface area contributed by atoms with Gasteiger partial charge in [0.2, 0.25) is 11.8 Å². The van der Waals surface area contributed by atoms with Crippen molar-refractivity contribution >= 4 is 11.8 Å². The standard InChI is InChI=1S/C13H22N2O3/c16-12-8-10(9-15-12)13(17)14-6-3-7-18-11-4-1-2-5-11/h10-11H,1-9H2,(H,14,17)(H,15,16)/t10-/m0/s1. The van der Waals surface area contributed by atoms with E-state index in [9.17, 15) is 9.59 Å². The van der Waals surface area contributed by atoms with Gasteiger partial charge in [-0.3, -0.25) is 9.59 Å². The molecule has 2 amide bonds. The normalized spacial score (nSPS) is 24.2. The molecule has 1 heterocycles. The number of carbonyl (C=O) groups excluding carboxylic acids is 2. The van der Waals surface area contributed by atoms with E-state index in [2.05, 4.69) is 10.6 Å². The quantitative estimate of drug-likeness (QED) is 0.682. The summed E-state index contributed by atoms with van der Waals surface area (Å²) in [5, 5.41) is 5.52. The molecule has 102 valence electrons. The van der Waals surface area contributed by atoms with Gasteiger partial charge in [-0.2, -0.15) is 0 Å². The summed E-state index contributed by atoms with van der Waals surface area (Å²) in [6, 6.07) is 0. The third kappa shape index (κ3) is 3.98. The van der Waals surface area contributed by atoms with Gasteiger partial charge in [-0.05, 0) is 19.3 Å². The highest BCUT2D eigenvalue weighted by Gasteiger charge is 2.27. The predicted molar refractivity (Wildman–Crippen MR) is 67.0 cm³/mol. The van der Waals surface area contributed by atoms with E-state index in [0.717, 1.165) is 6.42 Å². The fourth-order valence-corrected chi connectivity index (χ4v) is 2.52. The molecule has 2 fully saturated rings. The zero-order valence-corrected chi connectivity index (χ0v) is 10.7. The van der Waals surface area contributed by atoms with Gasteiger partial charge in [0.05, 0.1) is 12.0 Å². The highest BCUT2D eigenvalue weighted by atomic mass is 16.5. The lowest BCUT2D eigenvalue weighted by atomic mass is 10.1. The molecule has 1 aliphatic carbocycles. The van der Waals surface area contributed by atoms with Crippen LogP contribution in [0.2, 0.25) is 0 Å². The Balaban J connectivity index is 1.49. The summed E-state index contributed by atoms with van der Waals surface area (Å²) in [6.07, 6.45) is 6.54. The molecule has 0 aromatic heterocycles. The fraction of sp³-hybridized carbons (Fsp3) is 0.846. The van der Waals surface area contributed by atoms with Crippen molar-refractivity contribution in [2.45, 2.75) is 44.6 Å². The Morgan fingerprint density at radius 1 is 1.39 bits per heavy atom. The van der Waals surface area contributed by atoms with Crippen LogP contribution in [0.4, 0.5) is 0 Å². The molecule has 1 saturated heterocycles. The maximum Gasteiger partial charge on any atom is 0.225 e. The van der Waals surface area contributed by atoms with E-state index in [0.29, 0.717) is 32.2 Å². The summed E-state index contributed by atoms with van der Waals surface area (Å²) in [5.41, 5.74) is 0. The number of hydrogen-bond donors (Lipinski definition) is 2. The van der Waals surface area contributed by atoms with Crippen LogP contribution in [-0.2, 0) is 14.3 Å². The number of rotatable bonds is 6. The van der Waals surface area contributed by atoms with Crippen LogP contribution in [0.15, 0.2) is 0 Å². The summed E-state index contributed by atoms with van der Waals surface area (Å²) >= 11 is 0. The van der Waals surface area contributed by atoms with Crippen LogP contribution in [0.1, 0.15) is 38.5 Å². The Bertz CT molecular complexity index is 301. The monoisotopic (exact) mass is 254 g/mol. The summed E-state index contributed by atoms with van der Waals surface area (Å²) in [5.74, 6) is -0.234. The molecule has 0 bridgehead atoms. The number of amides is 2. The summed E-state index contributed by atoms with van der Waals surface area (Å²) < 4.78 is 5.71. The Hall–Kier alpha value is -1.10. The minimum Gasteiger partial charge on any atom is -0.378 e. The van der Waals surface area contributed by atoms with E-state index in [1.54, 1.807) is 0 Å². The minimum absolute atomic E-state index is 0.0192. The lowest BCUT2D eigenvalue weighted by Crippen LogP contribution is -2.33. The van der Waals surface area contributed by atoms with Crippen molar-refractivity contribution in [3.63, 3.8) is 0 Å². The van der Waals surface area contributed by atoms with Gasteiger partial charge in [0.1, 0.15) is 0 Å². The second kappa shape index (κ2) is 6.73. The molecule has 1 saturated carbocycles. The number of nitrogens with one attached hydrogen (secondary N) is 2. The van der Waals surface area contributed by atoms with Crippen molar-refractivity contribution < 1.29 is 14.3 Å². The maximum atomic E-state index is 11.7. The maximum absolute atomic E-state index is 11.7. The van der Waals surface area contributed by atoms with Gasteiger partial charge < -0.3 is 15.4 Å².